The molecule has 1 aromatic rings. The number of rotatable bonds is 0. The van der Waals surface area contributed by atoms with Crippen LogP contribution in [0.3, 0.4) is 0 Å². The molecule has 1 atom stereocenters. The Kier molecular flexibility index (Phi) is 2.14. The highest BCUT2D eigenvalue weighted by Crippen LogP contribution is 2.44. The van der Waals surface area contributed by atoms with Gasteiger partial charge in [0.1, 0.15) is 0 Å². The van der Waals surface area contributed by atoms with Gasteiger partial charge in [0.2, 0.25) is 0 Å². The van der Waals surface area contributed by atoms with Crippen molar-refractivity contribution in [2.24, 2.45) is 0 Å². The van der Waals surface area contributed by atoms with E-state index in [9.17, 15) is 4.79 Å². The summed E-state index contributed by atoms with van der Waals surface area (Å²) in [5.74, 6) is 0.403. The van der Waals surface area contributed by atoms with Gasteiger partial charge in [-0.25, -0.2) is 0 Å². The van der Waals surface area contributed by atoms with Crippen LogP contribution in [0, 0.1) is 0 Å². The normalized spacial score (nSPS) is 25.9. The van der Waals surface area contributed by atoms with Crippen LogP contribution < -0.4 is 0 Å². The fourth-order valence-corrected chi connectivity index (χ4v) is 3.84. The van der Waals surface area contributed by atoms with Crippen molar-refractivity contribution in [3.63, 3.8) is 0 Å². The van der Waals surface area contributed by atoms with Crippen LogP contribution in [0.15, 0.2) is 35.5 Å². The molecule has 0 amide bonds. The molecule has 0 fully saturated rings. The molecule has 1 unspecified atom stereocenters. The summed E-state index contributed by atoms with van der Waals surface area (Å²) in [5, 5.41) is 0. The number of carbonyl (C=O) groups excluding carboxylic acids is 1. The second-order valence-electron chi connectivity index (χ2n) is 5.56. The largest absolute Gasteiger partial charge is 0.367 e. The SMILES string of the molecule is O=C1CC2c3ccccc3CCN2C2=C1CCC2. The number of allylic oxidation sites excluding steroid dienone is 2. The zero-order valence-electron chi connectivity index (χ0n) is 10.5. The van der Waals surface area contributed by atoms with E-state index in [1.807, 2.05) is 0 Å². The van der Waals surface area contributed by atoms with Gasteiger partial charge in [0.05, 0.1) is 6.04 Å². The van der Waals surface area contributed by atoms with Crippen LogP contribution in [0.1, 0.15) is 42.9 Å². The van der Waals surface area contributed by atoms with Crippen LogP contribution in [0.25, 0.3) is 0 Å². The number of hydrogen-bond acceptors (Lipinski definition) is 2. The molecule has 0 saturated heterocycles. The van der Waals surface area contributed by atoms with Gasteiger partial charge in [0.25, 0.3) is 0 Å². The van der Waals surface area contributed by atoms with Crippen LogP contribution in [-0.2, 0) is 11.2 Å². The third-order valence-electron chi connectivity index (χ3n) is 4.66. The molecular weight excluding hydrogens is 222 g/mol. The Morgan fingerprint density at radius 1 is 1.11 bits per heavy atom. The van der Waals surface area contributed by atoms with Gasteiger partial charge in [-0.15, -0.1) is 0 Å². The van der Waals surface area contributed by atoms with Crippen molar-refractivity contribution in [1.29, 1.82) is 0 Å². The molecule has 3 aliphatic rings. The molecule has 2 heterocycles. The average Bonchev–Trinajstić information content (AvgIpc) is 2.89. The maximum atomic E-state index is 12.3. The van der Waals surface area contributed by atoms with Gasteiger partial charge in [0, 0.05) is 24.2 Å². The number of benzene rings is 1. The zero-order chi connectivity index (χ0) is 12.1. The third kappa shape index (κ3) is 1.32. The molecule has 2 aliphatic heterocycles. The van der Waals surface area contributed by atoms with Gasteiger partial charge < -0.3 is 4.90 Å². The van der Waals surface area contributed by atoms with Crippen LogP contribution in [-0.4, -0.2) is 17.2 Å². The first-order chi connectivity index (χ1) is 8.84. The zero-order valence-corrected chi connectivity index (χ0v) is 10.5. The summed E-state index contributed by atoms with van der Waals surface area (Å²) in [6.07, 6.45) is 5.10. The van der Waals surface area contributed by atoms with E-state index in [1.165, 1.54) is 23.2 Å². The minimum atomic E-state index is 0.319. The van der Waals surface area contributed by atoms with E-state index in [4.69, 9.17) is 0 Å². The molecule has 1 aliphatic carbocycles. The van der Waals surface area contributed by atoms with Gasteiger partial charge >= 0.3 is 0 Å². The molecule has 4 rings (SSSR count). The van der Waals surface area contributed by atoms with Gasteiger partial charge in [-0.2, -0.15) is 0 Å². The van der Waals surface area contributed by atoms with E-state index in [0.29, 0.717) is 18.2 Å². The lowest BCUT2D eigenvalue weighted by Crippen LogP contribution is -2.39. The molecule has 92 valence electrons. The Labute approximate surface area is 107 Å². The Morgan fingerprint density at radius 2 is 2.00 bits per heavy atom. The lowest BCUT2D eigenvalue weighted by atomic mass is 9.85. The quantitative estimate of drug-likeness (QED) is 0.693. The van der Waals surface area contributed by atoms with E-state index < -0.39 is 0 Å². The number of fused-ring (bicyclic) bond motifs is 4. The van der Waals surface area contributed by atoms with Gasteiger partial charge in [-0.3, -0.25) is 4.79 Å². The molecule has 0 saturated carbocycles. The molecule has 0 bridgehead atoms. The average molecular weight is 239 g/mol. The lowest BCUT2D eigenvalue weighted by Gasteiger charge is -2.42. The highest BCUT2D eigenvalue weighted by atomic mass is 16.1. The molecule has 2 heteroatoms. The fourth-order valence-electron chi connectivity index (χ4n) is 3.84. The highest BCUT2D eigenvalue weighted by Gasteiger charge is 2.38. The molecule has 18 heavy (non-hydrogen) atoms. The van der Waals surface area contributed by atoms with Crippen LogP contribution >= 0.6 is 0 Å². The molecule has 0 N–H and O–H groups in total. The van der Waals surface area contributed by atoms with Gasteiger partial charge in [-0.05, 0) is 36.8 Å². The van der Waals surface area contributed by atoms with Crippen molar-refractivity contribution in [2.45, 2.75) is 38.1 Å². The second kappa shape index (κ2) is 3.71. The summed E-state index contributed by atoms with van der Waals surface area (Å²) in [5.41, 5.74) is 5.33. The van der Waals surface area contributed by atoms with Gasteiger partial charge in [0.15, 0.2) is 5.78 Å². The van der Waals surface area contributed by atoms with Crippen molar-refractivity contribution < 1.29 is 4.79 Å². The van der Waals surface area contributed by atoms with Crippen molar-refractivity contribution in [3.05, 3.63) is 46.7 Å². The standard InChI is InChI=1S/C16H17NO/c18-16-10-15-12-5-2-1-4-11(12)8-9-17(15)14-7-3-6-13(14)16/h1-2,4-5,15H,3,6-10H2. The highest BCUT2D eigenvalue weighted by molar-refractivity contribution is 5.98. The van der Waals surface area contributed by atoms with Crippen molar-refractivity contribution in [1.82, 2.24) is 4.90 Å². The predicted molar refractivity (Wildman–Crippen MR) is 70.1 cm³/mol. The number of Topliss-reactive ketones (excluding diaryl/α,β-unsaturated/α-hetero) is 1. The summed E-state index contributed by atoms with van der Waals surface area (Å²) < 4.78 is 0. The maximum Gasteiger partial charge on any atom is 0.162 e. The molecule has 2 nitrogen and oxygen atoms in total. The first kappa shape index (κ1) is 10.4. The van der Waals surface area contributed by atoms with Crippen LogP contribution in [0.5, 0.6) is 0 Å². The van der Waals surface area contributed by atoms with Crippen molar-refractivity contribution >= 4 is 5.78 Å². The molecular formula is C16H17NO. The monoisotopic (exact) mass is 239 g/mol. The summed E-state index contributed by atoms with van der Waals surface area (Å²) in [4.78, 5) is 14.8. The molecule has 0 spiro atoms. The first-order valence-corrected chi connectivity index (χ1v) is 6.94. The summed E-state index contributed by atoms with van der Waals surface area (Å²) in [6.45, 7) is 1.09. The Bertz CT molecular complexity index is 558. The topological polar surface area (TPSA) is 20.3 Å². The van der Waals surface area contributed by atoms with E-state index in [2.05, 4.69) is 29.2 Å². The lowest BCUT2D eigenvalue weighted by molar-refractivity contribution is -0.117. The summed E-state index contributed by atoms with van der Waals surface area (Å²) in [7, 11) is 0. The van der Waals surface area contributed by atoms with E-state index in [0.717, 1.165) is 31.4 Å². The number of hydrogen-bond donors (Lipinski definition) is 0. The number of carbonyl (C=O) groups is 1. The summed E-state index contributed by atoms with van der Waals surface area (Å²) in [6, 6.07) is 8.96. The Balaban J connectivity index is 1.82. The molecule has 1 aromatic carbocycles. The number of ketones is 1. The fraction of sp³-hybridized carbons (Fsp3) is 0.438. The molecule has 0 aromatic heterocycles. The summed E-state index contributed by atoms with van der Waals surface area (Å²) >= 11 is 0. The van der Waals surface area contributed by atoms with Gasteiger partial charge in [-0.1, -0.05) is 24.3 Å². The predicted octanol–water partition coefficient (Wildman–Crippen LogP) is 3.00. The minimum Gasteiger partial charge on any atom is -0.367 e. The van der Waals surface area contributed by atoms with Crippen LogP contribution in [0.2, 0.25) is 0 Å². The third-order valence-corrected chi connectivity index (χ3v) is 4.66. The van der Waals surface area contributed by atoms with E-state index in [1.54, 1.807) is 0 Å². The smallest absolute Gasteiger partial charge is 0.162 e. The van der Waals surface area contributed by atoms with E-state index >= 15 is 0 Å². The maximum absolute atomic E-state index is 12.3. The van der Waals surface area contributed by atoms with E-state index in [-0.39, 0.29) is 0 Å². The van der Waals surface area contributed by atoms with Crippen molar-refractivity contribution in [3.8, 4) is 0 Å². The molecule has 0 radical (unpaired) electrons. The first-order valence-electron chi connectivity index (χ1n) is 6.94. The Hall–Kier alpha value is -1.57. The second-order valence-corrected chi connectivity index (χ2v) is 5.56. The number of nitrogens with zero attached hydrogens (tertiary/aromatic N) is 1. The minimum absolute atomic E-state index is 0.319. The Morgan fingerprint density at radius 3 is 2.94 bits per heavy atom. The van der Waals surface area contributed by atoms with Crippen LogP contribution in [0.4, 0.5) is 0 Å². The van der Waals surface area contributed by atoms with Crippen molar-refractivity contribution in [2.75, 3.05) is 6.54 Å².